The van der Waals surface area contributed by atoms with E-state index in [9.17, 15) is 9.59 Å². The van der Waals surface area contributed by atoms with Crippen molar-refractivity contribution in [3.63, 3.8) is 0 Å². The van der Waals surface area contributed by atoms with Crippen LogP contribution in [0.15, 0.2) is 0 Å². The monoisotopic (exact) mass is 246 g/mol. The van der Waals surface area contributed by atoms with Gasteiger partial charge in [0.05, 0.1) is 13.2 Å². The Morgan fingerprint density at radius 2 is 2.00 bits per heavy atom. The number of hydrogen-bond acceptors (Lipinski definition) is 5. The van der Waals surface area contributed by atoms with Gasteiger partial charge in [-0.3, -0.25) is 9.59 Å². The summed E-state index contributed by atoms with van der Waals surface area (Å²) in [5, 5.41) is 2.68. The lowest BCUT2D eigenvalue weighted by molar-refractivity contribution is -0.140. The summed E-state index contributed by atoms with van der Waals surface area (Å²) in [4.78, 5) is 22.2. The first kappa shape index (κ1) is 15.9. The van der Waals surface area contributed by atoms with E-state index in [1.807, 2.05) is 0 Å². The fourth-order valence-electron chi connectivity index (χ4n) is 1.26. The number of amides is 1. The minimum absolute atomic E-state index is 0.189. The molecule has 1 amide bonds. The molecule has 0 heterocycles. The molecular formula is C11H22N2O4. The van der Waals surface area contributed by atoms with Crippen molar-refractivity contribution in [1.82, 2.24) is 5.32 Å². The van der Waals surface area contributed by atoms with Crippen LogP contribution in [-0.4, -0.2) is 45.3 Å². The molecule has 0 aliphatic carbocycles. The van der Waals surface area contributed by atoms with Gasteiger partial charge in [-0.15, -0.1) is 0 Å². The SMILES string of the molecule is COCCCC(N)C(=O)NCCCC(=O)OC. The van der Waals surface area contributed by atoms with E-state index in [0.29, 0.717) is 32.4 Å². The highest BCUT2D eigenvalue weighted by molar-refractivity contribution is 5.81. The van der Waals surface area contributed by atoms with E-state index in [1.165, 1.54) is 7.11 Å². The molecule has 0 spiro atoms. The highest BCUT2D eigenvalue weighted by Gasteiger charge is 2.12. The molecule has 6 nitrogen and oxygen atoms in total. The van der Waals surface area contributed by atoms with Crippen molar-refractivity contribution >= 4 is 11.9 Å². The van der Waals surface area contributed by atoms with Gasteiger partial charge in [0.25, 0.3) is 0 Å². The second kappa shape index (κ2) is 10.0. The van der Waals surface area contributed by atoms with Crippen LogP contribution >= 0.6 is 0 Å². The standard InChI is InChI=1S/C11H22N2O4/c1-16-8-4-5-9(12)11(15)13-7-3-6-10(14)17-2/h9H,3-8,12H2,1-2H3,(H,13,15). The number of ether oxygens (including phenoxy) is 2. The van der Waals surface area contributed by atoms with Crippen LogP contribution in [0.1, 0.15) is 25.7 Å². The Labute approximate surface area is 102 Å². The highest BCUT2D eigenvalue weighted by atomic mass is 16.5. The van der Waals surface area contributed by atoms with Gasteiger partial charge in [0, 0.05) is 26.7 Å². The fraction of sp³-hybridized carbons (Fsp3) is 0.818. The maximum absolute atomic E-state index is 11.5. The summed E-state index contributed by atoms with van der Waals surface area (Å²) in [6.07, 6.45) is 2.21. The van der Waals surface area contributed by atoms with Crippen LogP contribution in [-0.2, 0) is 19.1 Å². The van der Waals surface area contributed by atoms with Crippen LogP contribution in [0, 0.1) is 0 Å². The molecule has 0 bridgehead atoms. The minimum Gasteiger partial charge on any atom is -0.469 e. The van der Waals surface area contributed by atoms with E-state index in [0.717, 1.165) is 6.42 Å². The molecule has 100 valence electrons. The molecule has 0 saturated heterocycles. The van der Waals surface area contributed by atoms with Crippen molar-refractivity contribution in [3.8, 4) is 0 Å². The van der Waals surface area contributed by atoms with Crippen molar-refractivity contribution in [2.75, 3.05) is 27.4 Å². The Hall–Kier alpha value is -1.14. The third-order valence-electron chi connectivity index (χ3n) is 2.28. The van der Waals surface area contributed by atoms with Crippen molar-refractivity contribution in [3.05, 3.63) is 0 Å². The largest absolute Gasteiger partial charge is 0.469 e. The van der Waals surface area contributed by atoms with Crippen LogP contribution < -0.4 is 11.1 Å². The molecule has 0 aromatic heterocycles. The first-order chi connectivity index (χ1) is 8.11. The molecule has 0 aromatic carbocycles. The Morgan fingerprint density at radius 3 is 2.59 bits per heavy atom. The number of carbonyl (C=O) groups is 2. The smallest absolute Gasteiger partial charge is 0.305 e. The van der Waals surface area contributed by atoms with Crippen molar-refractivity contribution in [1.29, 1.82) is 0 Å². The molecule has 1 atom stereocenters. The number of esters is 1. The number of rotatable bonds is 9. The zero-order valence-electron chi connectivity index (χ0n) is 10.5. The minimum atomic E-state index is -0.511. The first-order valence-electron chi connectivity index (χ1n) is 5.70. The lowest BCUT2D eigenvalue weighted by Crippen LogP contribution is -2.41. The average molecular weight is 246 g/mol. The summed E-state index contributed by atoms with van der Waals surface area (Å²) in [5.74, 6) is -0.463. The zero-order chi connectivity index (χ0) is 13.1. The van der Waals surface area contributed by atoms with E-state index in [1.54, 1.807) is 7.11 Å². The van der Waals surface area contributed by atoms with Gasteiger partial charge in [0.1, 0.15) is 0 Å². The Morgan fingerprint density at radius 1 is 1.29 bits per heavy atom. The number of hydrogen-bond donors (Lipinski definition) is 2. The molecule has 0 aromatic rings. The summed E-state index contributed by atoms with van der Waals surface area (Å²) < 4.78 is 9.35. The lowest BCUT2D eigenvalue weighted by atomic mass is 10.1. The second-order valence-electron chi connectivity index (χ2n) is 3.71. The van der Waals surface area contributed by atoms with Gasteiger partial charge in [-0.1, -0.05) is 0 Å². The molecule has 3 N–H and O–H groups in total. The number of nitrogens with one attached hydrogen (secondary N) is 1. The molecule has 0 aliphatic heterocycles. The van der Waals surface area contributed by atoms with Gasteiger partial charge in [-0.2, -0.15) is 0 Å². The van der Waals surface area contributed by atoms with Crippen LogP contribution in [0.3, 0.4) is 0 Å². The van der Waals surface area contributed by atoms with Gasteiger partial charge in [0.2, 0.25) is 5.91 Å². The maximum atomic E-state index is 11.5. The van der Waals surface area contributed by atoms with Crippen LogP contribution in [0.25, 0.3) is 0 Å². The molecule has 0 radical (unpaired) electrons. The van der Waals surface area contributed by atoms with E-state index < -0.39 is 6.04 Å². The Kier molecular flexibility index (Phi) is 9.37. The molecule has 0 saturated carbocycles. The molecule has 6 heteroatoms. The molecule has 0 aliphatic rings. The molecular weight excluding hydrogens is 224 g/mol. The van der Waals surface area contributed by atoms with Gasteiger partial charge in [-0.25, -0.2) is 0 Å². The Bertz CT molecular complexity index is 234. The Balaban J connectivity index is 3.53. The van der Waals surface area contributed by atoms with Gasteiger partial charge in [0.15, 0.2) is 0 Å². The summed E-state index contributed by atoms with van der Waals surface area (Å²) in [5.41, 5.74) is 5.67. The summed E-state index contributed by atoms with van der Waals surface area (Å²) in [6.45, 7) is 1.04. The first-order valence-corrected chi connectivity index (χ1v) is 5.70. The van der Waals surface area contributed by atoms with Crippen LogP contribution in [0.4, 0.5) is 0 Å². The average Bonchev–Trinajstić information content (AvgIpc) is 2.34. The number of methoxy groups -OCH3 is 2. The summed E-state index contributed by atoms with van der Waals surface area (Å²) >= 11 is 0. The van der Waals surface area contributed by atoms with E-state index in [-0.39, 0.29) is 11.9 Å². The highest BCUT2D eigenvalue weighted by Crippen LogP contribution is 1.96. The topological polar surface area (TPSA) is 90.6 Å². The number of nitrogens with two attached hydrogens (primary N) is 1. The van der Waals surface area contributed by atoms with E-state index in [2.05, 4.69) is 10.1 Å². The van der Waals surface area contributed by atoms with Crippen molar-refractivity contribution < 1.29 is 19.1 Å². The normalized spacial score (nSPS) is 11.9. The van der Waals surface area contributed by atoms with E-state index >= 15 is 0 Å². The van der Waals surface area contributed by atoms with Gasteiger partial charge in [-0.05, 0) is 19.3 Å². The predicted octanol–water partition coefficient (Wildman–Crippen LogP) is -0.190. The second-order valence-corrected chi connectivity index (χ2v) is 3.71. The van der Waals surface area contributed by atoms with Crippen LogP contribution in [0.2, 0.25) is 0 Å². The fourth-order valence-corrected chi connectivity index (χ4v) is 1.26. The van der Waals surface area contributed by atoms with Gasteiger partial charge < -0.3 is 20.5 Å². The maximum Gasteiger partial charge on any atom is 0.305 e. The van der Waals surface area contributed by atoms with Gasteiger partial charge >= 0.3 is 5.97 Å². The summed E-state index contributed by atoms with van der Waals surface area (Å²) in [7, 11) is 2.95. The quantitative estimate of drug-likeness (QED) is 0.434. The molecule has 1 unspecified atom stereocenters. The predicted molar refractivity (Wildman–Crippen MR) is 63.3 cm³/mol. The summed E-state index contributed by atoms with van der Waals surface area (Å²) in [6, 6.07) is -0.511. The molecule has 0 fully saturated rings. The molecule has 17 heavy (non-hydrogen) atoms. The van der Waals surface area contributed by atoms with Crippen LogP contribution in [0.5, 0.6) is 0 Å². The molecule has 0 rings (SSSR count). The number of carbonyl (C=O) groups excluding carboxylic acids is 2. The van der Waals surface area contributed by atoms with Crippen molar-refractivity contribution in [2.45, 2.75) is 31.7 Å². The van der Waals surface area contributed by atoms with E-state index in [4.69, 9.17) is 10.5 Å². The van der Waals surface area contributed by atoms with Crippen molar-refractivity contribution in [2.24, 2.45) is 5.73 Å². The third kappa shape index (κ3) is 8.65. The lowest BCUT2D eigenvalue weighted by Gasteiger charge is -2.11. The zero-order valence-corrected chi connectivity index (χ0v) is 10.5. The third-order valence-corrected chi connectivity index (χ3v) is 2.28.